The number of carbonyl (C=O) groups is 1. The number of carbonyl (C=O) groups excluding carboxylic acids is 1. The summed E-state index contributed by atoms with van der Waals surface area (Å²) < 4.78 is 5.06. The van der Waals surface area contributed by atoms with Gasteiger partial charge in [0.1, 0.15) is 0 Å². The van der Waals surface area contributed by atoms with Crippen molar-refractivity contribution in [2.24, 2.45) is 4.99 Å². The molecule has 6 nitrogen and oxygen atoms in total. The smallest absolute Gasteiger partial charge is 0.363 e. The highest BCUT2D eigenvalue weighted by Crippen LogP contribution is 2.19. The summed E-state index contributed by atoms with van der Waals surface area (Å²) >= 11 is 5.91. The van der Waals surface area contributed by atoms with Gasteiger partial charge in [0.25, 0.3) is 5.69 Å². The molecular weight excluding hydrogens is 344 g/mol. The third kappa shape index (κ3) is 4.19. The molecule has 0 unspecified atom stereocenters. The van der Waals surface area contributed by atoms with Crippen LogP contribution in [0.2, 0.25) is 5.02 Å². The van der Waals surface area contributed by atoms with Gasteiger partial charge in [-0.2, -0.15) is 0 Å². The van der Waals surface area contributed by atoms with E-state index in [0.29, 0.717) is 10.6 Å². The molecule has 25 heavy (non-hydrogen) atoms. The molecule has 2 aromatic rings. The van der Waals surface area contributed by atoms with Crippen molar-refractivity contribution in [2.45, 2.75) is 0 Å². The molecule has 1 aliphatic rings. The van der Waals surface area contributed by atoms with Gasteiger partial charge in [-0.25, -0.2) is 9.79 Å². The van der Waals surface area contributed by atoms with Gasteiger partial charge in [-0.3, -0.25) is 10.1 Å². The number of halogens is 1. The summed E-state index contributed by atoms with van der Waals surface area (Å²) in [6.07, 6.45) is 4.64. The van der Waals surface area contributed by atoms with E-state index in [-0.39, 0.29) is 17.3 Å². The molecule has 0 saturated carbocycles. The maximum atomic E-state index is 11.9. The predicted molar refractivity (Wildman–Crippen MR) is 95.1 cm³/mol. The fourth-order valence-corrected chi connectivity index (χ4v) is 2.36. The second kappa shape index (κ2) is 7.11. The lowest BCUT2D eigenvalue weighted by atomic mass is 10.2. The van der Waals surface area contributed by atoms with Crippen molar-refractivity contribution >= 4 is 41.3 Å². The Morgan fingerprint density at radius 3 is 2.60 bits per heavy atom. The Labute approximate surface area is 147 Å². The van der Waals surface area contributed by atoms with Gasteiger partial charge in [0.2, 0.25) is 5.90 Å². The first-order chi connectivity index (χ1) is 12.0. The average molecular weight is 355 g/mol. The summed E-state index contributed by atoms with van der Waals surface area (Å²) in [4.78, 5) is 26.3. The summed E-state index contributed by atoms with van der Waals surface area (Å²) in [5.74, 6) is -0.455. The number of cyclic esters (lactones) is 1. The minimum absolute atomic E-state index is 0.0194. The number of esters is 1. The SMILES string of the molecule is O=C1OC(/C=C\c2cccc([N+](=O)[O-])c2)=NC/1=C/c1cccc(Cl)c1. The van der Waals surface area contributed by atoms with Crippen LogP contribution >= 0.6 is 11.6 Å². The molecule has 1 aliphatic heterocycles. The fraction of sp³-hybridized carbons (Fsp3) is 0. The molecule has 7 heteroatoms. The topological polar surface area (TPSA) is 81.8 Å². The lowest BCUT2D eigenvalue weighted by Crippen LogP contribution is -2.01. The monoisotopic (exact) mass is 354 g/mol. The molecule has 0 bridgehead atoms. The van der Waals surface area contributed by atoms with Crippen LogP contribution in [0.25, 0.3) is 12.2 Å². The molecule has 124 valence electrons. The number of nitrogens with zero attached hydrogens (tertiary/aromatic N) is 2. The van der Waals surface area contributed by atoms with Crippen LogP contribution in [0.5, 0.6) is 0 Å². The van der Waals surface area contributed by atoms with Crippen LogP contribution < -0.4 is 0 Å². The molecule has 3 rings (SSSR count). The fourth-order valence-electron chi connectivity index (χ4n) is 2.16. The zero-order valence-corrected chi connectivity index (χ0v) is 13.5. The van der Waals surface area contributed by atoms with E-state index in [4.69, 9.17) is 16.3 Å². The zero-order valence-electron chi connectivity index (χ0n) is 12.8. The van der Waals surface area contributed by atoms with E-state index in [1.54, 1.807) is 48.6 Å². The first kappa shape index (κ1) is 16.6. The lowest BCUT2D eigenvalue weighted by Gasteiger charge is -1.95. The number of hydrogen-bond donors (Lipinski definition) is 0. The maximum Gasteiger partial charge on any atom is 0.363 e. The van der Waals surface area contributed by atoms with Crippen molar-refractivity contribution in [1.29, 1.82) is 0 Å². The van der Waals surface area contributed by atoms with Gasteiger partial charge in [0.15, 0.2) is 5.70 Å². The summed E-state index contributed by atoms with van der Waals surface area (Å²) in [6.45, 7) is 0. The Morgan fingerprint density at radius 1 is 1.08 bits per heavy atom. The standard InChI is InChI=1S/C18H11ClN2O4/c19-14-5-1-4-13(9-14)11-16-18(22)25-17(20-16)8-7-12-3-2-6-15(10-12)21(23)24/h1-11H/b8-7-,16-11+. The number of rotatable bonds is 4. The molecule has 0 fully saturated rings. The van der Waals surface area contributed by atoms with Gasteiger partial charge in [0, 0.05) is 23.2 Å². The van der Waals surface area contributed by atoms with Crippen molar-refractivity contribution in [1.82, 2.24) is 0 Å². The van der Waals surface area contributed by atoms with E-state index >= 15 is 0 Å². The number of hydrogen-bond acceptors (Lipinski definition) is 5. The predicted octanol–water partition coefficient (Wildman–Crippen LogP) is 4.26. The number of nitro benzene ring substituents is 1. The third-order valence-corrected chi connectivity index (χ3v) is 3.52. The van der Waals surface area contributed by atoms with Crippen molar-refractivity contribution in [3.63, 3.8) is 0 Å². The van der Waals surface area contributed by atoms with Crippen LogP contribution in [0, 0.1) is 10.1 Å². The number of aliphatic imine (C=N–C) groups is 1. The average Bonchev–Trinajstić information content (AvgIpc) is 2.93. The Bertz CT molecular complexity index is 948. The van der Waals surface area contributed by atoms with Crippen molar-refractivity contribution in [3.8, 4) is 0 Å². The molecule has 0 spiro atoms. The van der Waals surface area contributed by atoms with Crippen molar-refractivity contribution < 1.29 is 14.5 Å². The minimum Gasteiger partial charge on any atom is -0.403 e. The second-order valence-electron chi connectivity index (χ2n) is 5.11. The summed E-state index contributed by atoms with van der Waals surface area (Å²) in [5.41, 5.74) is 1.46. The van der Waals surface area contributed by atoms with Crippen LogP contribution in [0.3, 0.4) is 0 Å². The van der Waals surface area contributed by atoms with E-state index < -0.39 is 10.9 Å². The first-order valence-electron chi connectivity index (χ1n) is 7.22. The molecule has 0 aliphatic carbocycles. The Hall–Kier alpha value is -3.25. The van der Waals surface area contributed by atoms with Crippen molar-refractivity contribution in [3.05, 3.63) is 86.6 Å². The van der Waals surface area contributed by atoms with Crippen LogP contribution in [0.15, 0.2) is 65.3 Å². The minimum atomic E-state index is -0.571. The van der Waals surface area contributed by atoms with Crippen molar-refractivity contribution in [2.75, 3.05) is 0 Å². The Morgan fingerprint density at radius 2 is 1.84 bits per heavy atom. The molecule has 0 atom stereocenters. The van der Waals surface area contributed by atoms with Crippen LogP contribution in [0.4, 0.5) is 5.69 Å². The van der Waals surface area contributed by atoms with E-state index in [9.17, 15) is 14.9 Å². The zero-order chi connectivity index (χ0) is 17.8. The van der Waals surface area contributed by atoms with Crippen LogP contribution in [-0.2, 0) is 9.53 Å². The molecule has 0 radical (unpaired) electrons. The number of benzene rings is 2. The number of non-ortho nitro benzene ring substituents is 1. The van der Waals surface area contributed by atoms with Crippen LogP contribution in [0.1, 0.15) is 11.1 Å². The Balaban J connectivity index is 1.81. The highest BCUT2D eigenvalue weighted by Gasteiger charge is 2.21. The largest absolute Gasteiger partial charge is 0.403 e. The van der Waals surface area contributed by atoms with Gasteiger partial charge < -0.3 is 4.74 Å². The summed E-state index contributed by atoms with van der Waals surface area (Å²) in [7, 11) is 0. The van der Waals surface area contributed by atoms with Gasteiger partial charge in [-0.05, 0) is 35.4 Å². The molecule has 0 N–H and O–H groups in total. The third-order valence-electron chi connectivity index (χ3n) is 3.29. The maximum absolute atomic E-state index is 11.9. The molecular formula is C18H11ClN2O4. The highest BCUT2D eigenvalue weighted by molar-refractivity contribution is 6.30. The van der Waals surface area contributed by atoms with Gasteiger partial charge in [-0.15, -0.1) is 0 Å². The van der Waals surface area contributed by atoms with Gasteiger partial charge in [0.05, 0.1) is 4.92 Å². The lowest BCUT2D eigenvalue weighted by molar-refractivity contribution is -0.384. The van der Waals surface area contributed by atoms with E-state index in [1.165, 1.54) is 18.2 Å². The Kier molecular flexibility index (Phi) is 4.72. The molecule has 0 saturated heterocycles. The molecule has 0 amide bonds. The first-order valence-corrected chi connectivity index (χ1v) is 7.60. The molecule has 1 heterocycles. The van der Waals surface area contributed by atoms with Gasteiger partial charge in [-0.1, -0.05) is 35.9 Å². The van der Waals surface area contributed by atoms with Gasteiger partial charge >= 0.3 is 5.97 Å². The van der Waals surface area contributed by atoms with E-state index in [0.717, 1.165) is 5.56 Å². The quantitative estimate of drug-likeness (QED) is 0.355. The normalized spacial score (nSPS) is 15.5. The van der Waals surface area contributed by atoms with E-state index in [1.807, 2.05) is 0 Å². The molecule has 0 aromatic heterocycles. The van der Waals surface area contributed by atoms with E-state index in [2.05, 4.69) is 4.99 Å². The highest BCUT2D eigenvalue weighted by atomic mass is 35.5. The number of nitro groups is 1. The van der Waals surface area contributed by atoms with Crippen LogP contribution in [-0.4, -0.2) is 16.8 Å². The second-order valence-corrected chi connectivity index (χ2v) is 5.55. The summed E-state index contributed by atoms with van der Waals surface area (Å²) in [5, 5.41) is 11.3. The number of ether oxygens (including phenoxy) is 1. The summed E-state index contributed by atoms with van der Waals surface area (Å²) in [6, 6.07) is 13.1. The molecule has 2 aromatic carbocycles.